The van der Waals surface area contributed by atoms with Crippen molar-refractivity contribution in [1.82, 2.24) is 4.98 Å². The highest BCUT2D eigenvalue weighted by molar-refractivity contribution is 6.04. The van der Waals surface area contributed by atoms with E-state index < -0.39 is 5.76 Å². The molecule has 1 aromatic heterocycles. The summed E-state index contributed by atoms with van der Waals surface area (Å²) in [7, 11) is 0. The largest absolute Gasteiger partial charge is 0.417 e. The number of rotatable bonds is 2. The fourth-order valence-corrected chi connectivity index (χ4v) is 1.82. The van der Waals surface area contributed by atoms with Gasteiger partial charge in [-0.25, -0.2) is 4.79 Å². The Morgan fingerprint density at radius 1 is 1.11 bits per heavy atom. The summed E-state index contributed by atoms with van der Waals surface area (Å²) in [6.45, 7) is 0. The number of benzene rings is 2. The van der Waals surface area contributed by atoms with E-state index in [-0.39, 0.29) is 5.91 Å². The second-order valence-corrected chi connectivity index (χ2v) is 4.05. The van der Waals surface area contributed by atoms with Crippen molar-refractivity contribution < 1.29 is 9.21 Å². The average Bonchev–Trinajstić information content (AvgIpc) is 2.79. The van der Waals surface area contributed by atoms with Crippen LogP contribution < -0.4 is 11.1 Å². The van der Waals surface area contributed by atoms with Crippen LogP contribution in [-0.2, 0) is 0 Å². The number of aromatic amines is 1. The molecule has 0 spiro atoms. The highest BCUT2D eigenvalue weighted by Gasteiger charge is 2.07. The Bertz CT molecular complexity index is 787. The van der Waals surface area contributed by atoms with Crippen LogP contribution in [-0.4, -0.2) is 10.9 Å². The number of carbonyl (C=O) groups is 1. The SMILES string of the molecule is O=C(Nc1ccc2[nH]c(=O)oc2c1)c1ccccc1. The third kappa shape index (κ3) is 2.26. The van der Waals surface area contributed by atoms with Crippen molar-refractivity contribution in [3.8, 4) is 0 Å². The molecule has 0 aliphatic heterocycles. The van der Waals surface area contributed by atoms with E-state index in [2.05, 4.69) is 10.3 Å². The first-order chi connectivity index (χ1) is 9.22. The topological polar surface area (TPSA) is 75.1 Å². The maximum Gasteiger partial charge on any atom is 0.417 e. The van der Waals surface area contributed by atoms with E-state index in [0.29, 0.717) is 22.4 Å². The molecular weight excluding hydrogens is 244 g/mol. The molecule has 1 heterocycles. The average molecular weight is 254 g/mol. The van der Waals surface area contributed by atoms with Crippen molar-refractivity contribution in [2.75, 3.05) is 5.32 Å². The smallest absolute Gasteiger partial charge is 0.408 e. The van der Waals surface area contributed by atoms with Gasteiger partial charge in [-0.1, -0.05) is 18.2 Å². The van der Waals surface area contributed by atoms with E-state index in [1.807, 2.05) is 6.07 Å². The predicted octanol–water partition coefficient (Wildman–Crippen LogP) is 2.37. The van der Waals surface area contributed by atoms with Crippen LogP contribution in [0.4, 0.5) is 5.69 Å². The monoisotopic (exact) mass is 254 g/mol. The molecule has 0 aliphatic rings. The molecule has 2 N–H and O–H groups in total. The molecule has 5 nitrogen and oxygen atoms in total. The van der Waals surface area contributed by atoms with Crippen LogP contribution >= 0.6 is 0 Å². The number of oxazole rings is 1. The highest BCUT2D eigenvalue weighted by Crippen LogP contribution is 2.17. The van der Waals surface area contributed by atoms with Gasteiger partial charge in [0.2, 0.25) is 0 Å². The van der Waals surface area contributed by atoms with Crippen LogP contribution in [0, 0.1) is 0 Å². The summed E-state index contributed by atoms with van der Waals surface area (Å²) in [5.41, 5.74) is 2.15. The molecule has 2 aromatic carbocycles. The van der Waals surface area contributed by atoms with E-state index in [4.69, 9.17) is 4.42 Å². The minimum Gasteiger partial charge on any atom is -0.408 e. The molecule has 3 rings (SSSR count). The summed E-state index contributed by atoms with van der Waals surface area (Å²) < 4.78 is 4.93. The van der Waals surface area contributed by atoms with Gasteiger partial charge in [0.25, 0.3) is 5.91 Å². The lowest BCUT2D eigenvalue weighted by atomic mass is 10.2. The third-order valence-corrected chi connectivity index (χ3v) is 2.71. The number of hydrogen-bond acceptors (Lipinski definition) is 3. The zero-order chi connectivity index (χ0) is 13.2. The normalized spacial score (nSPS) is 10.5. The Hall–Kier alpha value is -2.82. The van der Waals surface area contributed by atoms with Crippen LogP contribution in [0.3, 0.4) is 0 Å². The molecule has 0 saturated heterocycles. The first-order valence-corrected chi connectivity index (χ1v) is 5.72. The summed E-state index contributed by atoms with van der Waals surface area (Å²) >= 11 is 0. The molecule has 0 saturated carbocycles. The van der Waals surface area contributed by atoms with Crippen molar-refractivity contribution in [2.24, 2.45) is 0 Å². The van der Waals surface area contributed by atoms with Gasteiger partial charge >= 0.3 is 5.76 Å². The number of nitrogens with one attached hydrogen (secondary N) is 2. The fraction of sp³-hybridized carbons (Fsp3) is 0. The van der Waals surface area contributed by atoms with E-state index in [1.54, 1.807) is 42.5 Å². The van der Waals surface area contributed by atoms with Crippen LogP contribution in [0.15, 0.2) is 57.7 Å². The number of hydrogen-bond donors (Lipinski definition) is 2. The van der Waals surface area contributed by atoms with Gasteiger partial charge in [-0.2, -0.15) is 0 Å². The summed E-state index contributed by atoms with van der Waals surface area (Å²) in [4.78, 5) is 25.5. The zero-order valence-electron chi connectivity index (χ0n) is 9.84. The molecule has 1 amide bonds. The number of fused-ring (bicyclic) bond motifs is 1. The van der Waals surface area contributed by atoms with Gasteiger partial charge < -0.3 is 9.73 Å². The standard InChI is InChI=1S/C14H10N2O3/c17-13(9-4-2-1-3-5-9)15-10-6-7-11-12(8-10)19-14(18)16-11/h1-8H,(H,15,17)(H,16,18). The van der Waals surface area contributed by atoms with Crippen LogP contribution in [0.2, 0.25) is 0 Å². The van der Waals surface area contributed by atoms with Gasteiger partial charge in [0.05, 0.1) is 5.52 Å². The van der Waals surface area contributed by atoms with Gasteiger partial charge in [0.1, 0.15) is 0 Å². The maximum atomic E-state index is 11.9. The number of carbonyl (C=O) groups excluding carboxylic acids is 1. The minimum absolute atomic E-state index is 0.210. The molecule has 0 fully saturated rings. The molecule has 94 valence electrons. The molecule has 0 atom stereocenters. The van der Waals surface area contributed by atoms with Crippen molar-refractivity contribution in [1.29, 1.82) is 0 Å². The van der Waals surface area contributed by atoms with E-state index in [9.17, 15) is 9.59 Å². The lowest BCUT2D eigenvalue weighted by molar-refractivity contribution is 0.102. The van der Waals surface area contributed by atoms with Crippen LogP contribution in [0.25, 0.3) is 11.1 Å². The van der Waals surface area contributed by atoms with Gasteiger partial charge in [-0.15, -0.1) is 0 Å². The molecule has 5 heteroatoms. The van der Waals surface area contributed by atoms with E-state index in [0.717, 1.165) is 0 Å². The Kier molecular flexibility index (Phi) is 2.64. The Labute approximate surface area is 107 Å². The summed E-state index contributed by atoms with van der Waals surface area (Å²) in [5.74, 6) is -0.723. The van der Waals surface area contributed by atoms with Gasteiger partial charge in [0, 0.05) is 17.3 Å². The van der Waals surface area contributed by atoms with E-state index in [1.165, 1.54) is 0 Å². The molecule has 0 unspecified atom stereocenters. The maximum absolute atomic E-state index is 11.9. The van der Waals surface area contributed by atoms with E-state index >= 15 is 0 Å². The molecule has 19 heavy (non-hydrogen) atoms. The third-order valence-electron chi connectivity index (χ3n) is 2.71. The van der Waals surface area contributed by atoms with Crippen molar-refractivity contribution >= 4 is 22.7 Å². The zero-order valence-corrected chi connectivity index (χ0v) is 9.84. The van der Waals surface area contributed by atoms with Crippen LogP contribution in [0.5, 0.6) is 0 Å². The molecular formula is C14H10N2O3. The molecule has 0 aliphatic carbocycles. The Morgan fingerprint density at radius 2 is 1.89 bits per heavy atom. The van der Waals surface area contributed by atoms with Crippen molar-refractivity contribution in [2.45, 2.75) is 0 Å². The number of H-pyrrole nitrogens is 1. The molecule has 0 radical (unpaired) electrons. The first-order valence-electron chi connectivity index (χ1n) is 5.72. The predicted molar refractivity (Wildman–Crippen MR) is 71.2 cm³/mol. The van der Waals surface area contributed by atoms with Gasteiger partial charge in [-0.05, 0) is 24.3 Å². The molecule has 3 aromatic rings. The summed E-state index contributed by atoms with van der Waals surface area (Å²) in [6, 6.07) is 13.9. The minimum atomic E-state index is -0.512. The lowest BCUT2D eigenvalue weighted by Crippen LogP contribution is -2.11. The Morgan fingerprint density at radius 3 is 2.68 bits per heavy atom. The second-order valence-electron chi connectivity index (χ2n) is 4.05. The summed E-state index contributed by atoms with van der Waals surface area (Å²) in [6.07, 6.45) is 0. The second kappa shape index (κ2) is 4.45. The fourth-order valence-electron chi connectivity index (χ4n) is 1.82. The number of anilines is 1. The van der Waals surface area contributed by atoms with Crippen LogP contribution in [0.1, 0.15) is 10.4 Å². The Balaban J connectivity index is 1.89. The lowest BCUT2D eigenvalue weighted by Gasteiger charge is -2.04. The van der Waals surface area contributed by atoms with Crippen molar-refractivity contribution in [3.05, 3.63) is 64.6 Å². The van der Waals surface area contributed by atoms with Gasteiger partial charge in [-0.3, -0.25) is 9.78 Å². The van der Waals surface area contributed by atoms with Crippen molar-refractivity contribution in [3.63, 3.8) is 0 Å². The number of aromatic nitrogens is 1. The quantitative estimate of drug-likeness (QED) is 0.737. The molecule has 0 bridgehead atoms. The highest BCUT2D eigenvalue weighted by atomic mass is 16.4. The summed E-state index contributed by atoms with van der Waals surface area (Å²) in [5, 5.41) is 2.74. The first kappa shape index (κ1) is 11.3. The number of amides is 1. The van der Waals surface area contributed by atoms with Gasteiger partial charge in [0.15, 0.2) is 5.58 Å².